The summed E-state index contributed by atoms with van der Waals surface area (Å²) < 4.78 is 110. The molecule has 0 aromatic heterocycles. The van der Waals surface area contributed by atoms with Crippen molar-refractivity contribution in [2.24, 2.45) is 3.77 Å². The Labute approximate surface area is 108 Å². The molecule has 0 saturated heterocycles. The van der Waals surface area contributed by atoms with Gasteiger partial charge in [0, 0.05) is 0 Å². The molecule has 0 heterocycles. The molecular formula is C6H5F6NO5S2. The molecule has 0 bridgehead atoms. The first-order valence-corrected chi connectivity index (χ1v) is 7.15. The van der Waals surface area contributed by atoms with E-state index in [0.29, 0.717) is 0 Å². The number of sulfonamides is 1. The predicted octanol–water partition coefficient (Wildman–Crippen LogP) is 1.51. The molecule has 0 aromatic rings. The van der Waals surface area contributed by atoms with Crippen LogP contribution in [0, 0.1) is 0 Å². The van der Waals surface area contributed by atoms with Crippen LogP contribution in [-0.4, -0.2) is 35.6 Å². The zero-order valence-electron chi connectivity index (χ0n) is 9.01. The summed E-state index contributed by atoms with van der Waals surface area (Å²) in [5.74, 6) is -6.54. The molecule has 0 amide bonds. The van der Waals surface area contributed by atoms with Gasteiger partial charge >= 0.3 is 11.9 Å². The lowest BCUT2D eigenvalue weighted by Crippen LogP contribution is -2.42. The Morgan fingerprint density at radius 3 is 1.95 bits per heavy atom. The maximum absolute atomic E-state index is 12.4. The number of ketones is 1. The van der Waals surface area contributed by atoms with Crippen LogP contribution in [0.1, 0.15) is 0 Å². The van der Waals surface area contributed by atoms with Crippen LogP contribution in [0.25, 0.3) is 0 Å². The second-order valence-electron chi connectivity index (χ2n) is 2.96. The van der Waals surface area contributed by atoms with E-state index in [1.165, 1.54) is 0 Å². The van der Waals surface area contributed by atoms with Gasteiger partial charge in [0.25, 0.3) is 20.0 Å². The zero-order chi connectivity index (χ0) is 16.4. The number of carbonyl (C=O) groups excluding carboxylic acids is 1. The average Bonchev–Trinajstić information content (AvgIpc) is 2.25. The van der Waals surface area contributed by atoms with Crippen LogP contribution in [0.5, 0.6) is 0 Å². The number of allylic oxidation sites excluding steroid dienone is 1. The summed E-state index contributed by atoms with van der Waals surface area (Å²) in [6.45, 7) is 2.58. The topological polar surface area (TPSA) is 89.9 Å². The second kappa shape index (κ2) is 6.09. The minimum absolute atomic E-state index is 0.0638. The smallest absolute Gasteiger partial charge is 0.293 e. The average molecular weight is 349 g/mol. The fourth-order valence-electron chi connectivity index (χ4n) is 0.843. The fraction of sp³-hybridized carbons (Fsp3) is 0.500. The molecule has 0 aliphatic rings. The number of halogens is 6. The normalized spacial score (nSPS) is 17.4. The van der Waals surface area contributed by atoms with E-state index in [1.54, 1.807) is 3.77 Å². The molecule has 20 heavy (non-hydrogen) atoms. The van der Waals surface area contributed by atoms with Crippen molar-refractivity contribution in [2.75, 3.05) is 0 Å². The van der Waals surface area contributed by atoms with E-state index in [0.717, 1.165) is 0 Å². The van der Waals surface area contributed by atoms with Gasteiger partial charge in [-0.2, -0.15) is 22.0 Å². The van der Waals surface area contributed by atoms with Crippen LogP contribution in [-0.2, 0) is 29.2 Å². The van der Waals surface area contributed by atoms with Crippen molar-refractivity contribution in [2.45, 2.75) is 17.2 Å². The van der Waals surface area contributed by atoms with Crippen molar-refractivity contribution in [1.29, 1.82) is 0 Å². The van der Waals surface area contributed by atoms with Crippen molar-refractivity contribution in [3.63, 3.8) is 0 Å². The van der Waals surface area contributed by atoms with Gasteiger partial charge in [0.05, 0.1) is 0 Å². The highest BCUT2D eigenvalue weighted by Crippen LogP contribution is 2.29. The van der Waals surface area contributed by atoms with Crippen LogP contribution >= 0.6 is 0 Å². The van der Waals surface area contributed by atoms with Gasteiger partial charge in [-0.05, 0) is 10.6 Å². The third kappa shape index (κ3) is 4.17. The summed E-state index contributed by atoms with van der Waals surface area (Å²) in [6, 6.07) is 0. The molecule has 0 rings (SSSR count). The molecule has 0 aliphatic carbocycles. The third-order valence-corrected chi connectivity index (χ3v) is 4.97. The minimum atomic E-state index is -6.15. The second-order valence-corrected chi connectivity index (χ2v) is 6.57. The summed E-state index contributed by atoms with van der Waals surface area (Å²) in [6.07, 6.45) is -5.84. The minimum Gasteiger partial charge on any atom is -0.293 e. The van der Waals surface area contributed by atoms with Gasteiger partial charge in [0.2, 0.25) is 5.25 Å². The Bertz CT molecular complexity index is 602. The first kappa shape index (κ1) is 18.8. The van der Waals surface area contributed by atoms with E-state index in [4.69, 9.17) is 0 Å². The summed E-state index contributed by atoms with van der Waals surface area (Å²) in [5.41, 5.74) is 0. The van der Waals surface area contributed by atoms with Gasteiger partial charge in [0.1, 0.15) is 0 Å². The van der Waals surface area contributed by atoms with E-state index >= 15 is 0 Å². The summed E-state index contributed by atoms with van der Waals surface area (Å²) in [5, 5.41) is -3.94. The van der Waals surface area contributed by atoms with Gasteiger partial charge in [-0.15, -0.1) is 0 Å². The van der Waals surface area contributed by atoms with Crippen LogP contribution in [0.4, 0.5) is 26.5 Å². The Morgan fingerprint density at radius 2 is 1.70 bits per heavy atom. The van der Waals surface area contributed by atoms with Gasteiger partial charge in [-0.3, -0.25) is 4.79 Å². The summed E-state index contributed by atoms with van der Waals surface area (Å²) in [7, 11) is -12.0. The largest absolute Gasteiger partial charge is 0.414 e. The number of carbonyl (C=O) groups is 1. The van der Waals surface area contributed by atoms with Crippen molar-refractivity contribution in [3.8, 4) is 0 Å². The van der Waals surface area contributed by atoms with Crippen molar-refractivity contribution in [3.05, 3.63) is 12.7 Å². The van der Waals surface area contributed by atoms with Crippen molar-refractivity contribution >= 4 is 25.8 Å². The van der Waals surface area contributed by atoms with E-state index in [2.05, 4.69) is 11.0 Å². The molecule has 2 unspecified atom stereocenters. The molecule has 0 N–H and O–H groups in total. The molecule has 2 atom stereocenters. The van der Waals surface area contributed by atoms with Crippen LogP contribution in [0.15, 0.2) is 16.4 Å². The molecule has 0 aliphatic heterocycles. The van der Waals surface area contributed by atoms with Gasteiger partial charge in [-0.1, -0.05) is 14.7 Å². The molecule has 0 spiro atoms. The highest BCUT2D eigenvalue weighted by molar-refractivity contribution is 8.01. The highest BCUT2D eigenvalue weighted by Gasteiger charge is 2.54. The standard InChI is InChI=1S/C6H5F6NO5S2/c1-2-3(14)4(6(9,10)11)19(15,16)13-20(17,18-12)5(7)8/h2,4-5H,1H2. The quantitative estimate of drug-likeness (QED) is 0.536. The molecule has 0 radical (unpaired) electrons. The Kier molecular flexibility index (Phi) is 5.74. The van der Waals surface area contributed by atoms with E-state index in [1.807, 2.05) is 0 Å². The lowest BCUT2D eigenvalue weighted by atomic mass is 10.3. The number of hydrogen-bond donors (Lipinski definition) is 0. The zero-order valence-corrected chi connectivity index (χ0v) is 10.6. The molecule has 118 valence electrons. The Hall–Kier alpha value is -1.15. The summed E-state index contributed by atoms with van der Waals surface area (Å²) in [4.78, 5) is 10.9. The van der Waals surface area contributed by atoms with Crippen molar-refractivity contribution in [1.82, 2.24) is 0 Å². The third-order valence-electron chi connectivity index (χ3n) is 1.58. The SMILES string of the molecule is C=CC(=O)C(C(F)(F)F)S(=O)(=O)N=S(=O)(OF)C(F)F. The lowest BCUT2D eigenvalue weighted by Gasteiger charge is -2.15. The number of hydrogen-bond acceptors (Lipinski definition) is 5. The fourth-order valence-corrected chi connectivity index (χ4v) is 3.48. The predicted molar refractivity (Wildman–Crippen MR) is 52.7 cm³/mol. The Morgan fingerprint density at radius 1 is 1.25 bits per heavy atom. The number of nitrogens with zero attached hydrogens (tertiary/aromatic N) is 1. The molecule has 0 saturated carbocycles. The van der Waals surface area contributed by atoms with E-state index in [-0.39, 0.29) is 6.08 Å². The molecule has 0 aromatic carbocycles. The van der Waals surface area contributed by atoms with Gasteiger partial charge in [0.15, 0.2) is 5.78 Å². The summed E-state index contributed by atoms with van der Waals surface area (Å²) >= 11 is 0. The maximum Gasteiger partial charge on any atom is 0.414 e. The lowest BCUT2D eigenvalue weighted by molar-refractivity contribution is -0.146. The van der Waals surface area contributed by atoms with E-state index in [9.17, 15) is 43.9 Å². The van der Waals surface area contributed by atoms with Crippen LogP contribution in [0.2, 0.25) is 0 Å². The maximum atomic E-state index is 12.4. The first-order chi connectivity index (χ1) is 8.81. The molecule has 0 fully saturated rings. The van der Waals surface area contributed by atoms with Gasteiger partial charge in [-0.25, -0.2) is 12.6 Å². The van der Waals surface area contributed by atoms with E-state index < -0.39 is 43.0 Å². The van der Waals surface area contributed by atoms with Crippen molar-refractivity contribution < 1.29 is 48.3 Å². The molecule has 6 nitrogen and oxygen atoms in total. The first-order valence-electron chi connectivity index (χ1n) is 4.14. The molecular weight excluding hydrogens is 344 g/mol. The molecule has 14 heteroatoms. The number of alkyl halides is 5. The van der Waals surface area contributed by atoms with Gasteiger partial charge < -0.3 is 0 Å². The van der Waals surface area contributed by atoms with Crippen LogP contribution in [0.3, 0.4) is 0 Å². The number of rotatable bonds is 6. The monoisotopic (exact) mass is 349 g/mol. The Balaban J connectivity index is 6.21. The highest BCUT2D eigenvalue weighted by atomic mass is 32.3. The van der Waals surface area contributed by atoms with Crippen LogP contribution < -0.4 is 0 Å².